The summed E-state index contributed by atoms with van der Waals surface area (Å²) < 4.78 is 1.91. The van der Waals surface area contributed by atoms with E-state index in [1.165, 1.54) is 0 Å². The van der Waals surface area contributed by atoms with Crippen molar-refractivity contribution >= 4 is 0 Å². The van der Waals surface area contributed by atoms with Crippen LogP contribution in [0.4, 0.5) is 0 Å². The number of pyridine rings is 1. The van der Waals surface area contributed by atoms with Crippen LogP contribution in [-0.2, 0) is 6.42 Å². The molecule has 0 spiro atoms. The zero-order chi connectivity index (χ0) is 15.2. The number of aromatic nitrogens is 1. The van der Waals surface area contributed by atoms with Gasteiger partial charge in [0.1, 0.15) is 0 Å². The lowest BCUT2D eigenvalue weighted by atomic mass is 10.0. The molecule has 1 atom stereocenters. The van der Waals surface area contributed by atoms with Gasteiger partial charge in [-0.3, -0.25) is 4.79 Å². The summed E-state index contributed by atoms with van der Waals surface area (Å²) in [6.45, 7) is 7.01. The van der Waals surface area contributed by atoms with Crippen molar-refractivity contribution in [3.63, 3.8) is 0 Å². The van der Waals surface area contributed by atoms with Crippen LogP contribution in [-0.4, -0.2) is 29.1 Å². The first-order valence-electron chi connectivity index (χ1n) is 7.91. The van der Waals surface area contributed by atoms with Crippen LogP contribution >= 0.6 is 0 Å². The highest BCUT2D eigenvalue weighted by atomic mass is 16.1. The average Bonchev–Trinajstić information content (AvgIpc) is 2.47. The maximum Gasteiger partial charge on any atom is 0.254 e. The standard InChI is InChI=1S/C17H25N3O/c1-14(2)12-15-6-3-11-20(17(15)21)16-7-4-9-19(13-16)10-5-8-18/h3,6,11,14,16H,4-5,7,9-10,12-13H2,1-2H3/t16-/m0/s1. The molecule has 1 fully saturated rings. The first-order chi connectivity index (χ1) is 10.1. The third kappa shape index (κ3) is 4.18. The quantitative estimate of drug-likeness (QED) is 0.836. The summed E-state index contributed by atoms with van der Waals surface area (Å²) in [6.07, 6.45) is 5.47. The van der Waals surface area contributed by atoms with Gasteiger partial charge in [-0.05, 0) is 37.8 Å². The summed E-state index contributed by atoms with van der Waals surface area (Å²) >= 11 is 0. The number of likely N-dealkylation sites (tertiary alicyclic amines) is 1. The predicted octanol–water partition coefficient (Wildman–Crippen LogP) is 2.60. The highest BCUT2D eigenvalue weighted by Crippen LogP contribution is 2.20. The van der Waals surface area contributed by atoms with Crippen molar-refractivity contribution in [2.75, 3.05) is 19.6 Å². The van der Waals surface area contributed by atoms with Gasteiger partial charge in [0.15, 0.2) is 0 Å². The maximum atomic E-state index is 12.6. The van der Waals surface area contributed by atoms with E-state index < -0.39 is 0 Å². The summed E-state index contributed by atoms with van der Waals surface area (Å²) in [7, 11) is 0. The van der Waals surface area contributed by atoms with E-state index in [0.29, 0.717) is 12.3 Å². The number of piperidine rings is 1. The summed E-state index contributed by atoms with van der Waals surface area (Å²) in [6, 6.07) is 6.40. The van der Waals surface area contributed by atoms with Gasteiger partial charge < -0.3 is 9.47 Å². The smallest absolute Gasteiger partial charge is 0.254 e. The normalized spacial score (nSPS) is 19.6. The fourth-order valence-electron chi connectivity index (χ4n) is 3.11. The molecule has 0 N–H and O–H groups in total. The Bertz CT molecular complexity index is 556. The lowest BCUT2D eigenvalue weighted by molar-refractivity contribution is 0.178. The Morgan fingerprint density at radius 2 is 2.29 bits per heavy atom. The number of hydrogen-bond donors (Lipinski definition) is 0. The van der Waals surface area contributed by atoms with Crippen molar-refractivity contribution < 1.29 is 0 Å². The van der Waals surface area contributed by atoms with Gasteiger partial charge in [0.25, 0.3) is 5.56 Å². The Labute approximate surface area is 127 Å². The second-order valence-electron chi connectivity index (χ2n) is 6.35. The molecular weight excluding hydrogens is 262 g/mol. The highest BCUT2D eigenvalue weighted by molar-refractivity contribution is 5.12. The third-order valence-electron chi connectivity index (χ3n) is 4.10. The van der Waals surface area contributed by atoms with E-state index in [2.05, 4.69) is 24.8 Å². The Hall–Kier alpha value is -1.60. The highest BCUT2D eigenvalue weighted by Gasteiger charge is 2.22. The fraction of sp³-hybridized carbons (Fsp3) is 0.647. The van der Waals surface area contributed by atoms with E-state index in [-0.39, 0.29) is 11.6 Å². The molecule has 4 nitrogen and oxygen atoms in total. The van der Waals surface area contributed by atoms with E-state index >= 15 is 0 Å². The minimum absolute atomic E-state index is 0.165. The van der Waals surface area contributed by atoms with Crippen LogP contribution in [0.5, 0.6) is 0 Å². The van der Waals surface area contributed by atoms with Crippen LogP contribution in [0.1, 0.15) is 44.7 Å². The predicted molar refractivity (Wildman–Crippen MR) is 84.2 cm³/mol. The molecule has 114 valence electrons. The first-order valence-corrected chi connectivity index (χ1v) is 7.91. The largest absolute Gasteiger partial charge is 0.311 e. The molecule has 4 heteroatoms. The minimum Gasteiger partial charge on any atom is -0.311 e. The molecule has 1 aliphatic heterocycles. The Morgan fingerprint density at radius 3 is 3.00 bits per heavy atom. The van der Waals surface area contributed by atoms with Gasteiger partial charge in [-0.25, -0.2) is 0 Å². The summed E-state index contributed by atoms with van der Waals surface area (Å²) in [5.41, 5.74) is 1.08. The molecule has 2 rings (SSSR count). The second-order valence-corrected chi connectivity index (χ2v) is 6.35. The van der Waals surface area contributed by atoms with Crippen molar-refractivity contribution in [1.82, 2.24) is 9.47 Å². The minimum atomic E-state index is 0.165. The van der Waals surface area contributed by atoms with E-state index in [1.54, 1.807) is 0 Å². The van der Waals surface area contributed by atoms with Crippen molar-refractivity contribution in [3.05, 3.63) is 34.2 Å². The van der Waals surface area contributed by atoms with Gasteiger partial charge in [0, 0.05) is 37.3 Å². The van der Waals surface area contributed by atoms with Gasteiger partial charge in [-0.2, -0.15) is 5.26 Å². The molecule has 1 aliphatic rings. The lowest BCUT2D eigenvalue weighted by Crippen LogP contribution is -2.40. The van der Waals surface area contributed by atoms with E-state index in [9.17, 15) is 4.79 Å². The van der Waals surface area contributed by atoms with Crippen LogP contribution in [0, 0.1) is 17.2 Å². The SMILES string of the molecule is CC(C)Cc1cccn([C@H]2CCCN(CCC#N)C2)c1=O. The van der Waals surface area contributed by atoms with Crippen molar-refractivity contribution in [2.24, 2.45) is 5.92 Å². The Morgan fingerprint density at radius 1 is 1.48 bits per heavy atom. The third-order valence-corrected chi connectivity index (χ3v) is 4.10. The topological polar surface area (TPSA) is 49.0 Å². The van der Waals surface area contributed by atoms with Crippen LogP contribution in [0.3, 0.4) is 0 Å². The van der Waals surface area contributed by atoms with E-state index in [0.717, 1.165) is 44.5 Å². The molecular formula is C17H25N3O. The van der Waals surface area contributed by atoms with Gasteiger partial charge in [-0.1, -0.05) is 19.9 Å². The van der Waals surface area contributed by atoms with E-state index in [4.69, 9.17) is 5.26 Å². The zero-order valence-electron chi connectivity index (χ0n) is 13.1. The molecule has 1 aromatic rings. The average molecular weight is 287 g/mol. The molecule has 21 heavy (non-hydrogen) atoms. The number of nitrogens with zero attached hydrogens (tertiary/aromatic N) is 3. The van der Waals surface area contributed by atoms with Crippen molar-refractivity contribution in [3.8, 4) is 6.07 Å². The molecule has 1 aromatic heterocycles. The molecule has 0 saturated carbocycles. The monoisotopic (exact) mass is 287 g/mol. The van der Waals surface area contributed by atoms with Crippen LogP contribution in [0.15, 0.2) is 23.1 Å². The van der Waals surface area contributed by atoms with E-state index in [1.807, 2.05) is 22.9 Å². The summed E-state index contributed by atoms with van der Waals surface area (Å²) in [4.78, 5) is 14.9. The van der Waals surface area contributed by atoms with Crippen LogP contribution in [0.2, 0.25) is 0 Å². The summed E-state index contributed by atoms with van der Waals surface area (Å²) in [5, 5.41) is 8.71. The molecule has 0 amide bonds. The van der Waals surface area contributed by atoms with Gasteiger partial charge >= 0.3 is 0 Å². The van der Waals surface area contributed by atoms with Gasteiger partial charge in [0.05, 0.1) is 6.07 Å². The van der Waals surface area contributed by atoms with Gasteiger partial charge in [-0.15, -0.1) is 0 Å². The van der Waals surface area contributed by atoms with Gasteiger partial charge in [0.2, 0.25) is 0 Å². The molecule has 0 aliphatic carbocycles. The number of hydrogen-bond acceptors (Lipinski definition) is 3. The molecule has 0 aromatic carbocycles. The summed E-state index contributed by atoms with van der Waals surface area (Å²) in [5.74, 6) is 0.493. The molecule has 2 heterocycles. The maximum absolute atomic E-state index is 12.6. The lowest BCUT2D eigenvalue weighted by Gasteiger charge is -2.33. The Kier molecular flexibility index (Phi) is 5.58. The number of nitriles is 1. The first kappa shape index (κ1) is 15.8. The number of rotatable bonds is 5. The fourth-order valence-corrected chi connectivity index (χ4v) is 3.11. The Balaban J connectivity index is 2.14. The zero-order valence-corrected chi connectivity index (χ0v) is 13.1. The molecule has 0 radical (unpaired) electrons. The van der Waals surface area contributed by atoms with Crippen molar-refractivity contribution in [1.29, 1.82) is 5.26 Å². The molecule has 0 bridgehead atoms. The van der Waals surface area contributed by atoms with Crippen LogP contribution in [0.25, 0.3) is 0 Å². The molecule has 1 saturated heterocycles. The second kappa shape index (κ2) is 7.42. The molecule has 0 unspecified atom stereocenters. The van der Waals surface area contributed by atoms with Crippen LogP contribution < -0.4 is 5.56 Å². The van der Waals surface area contributed by atoms with Crippen molar-refractivity contribution in [2.45, 2.75) is 45.6 Å².